The van der Waals surface area contributed by atoms with E-state index in [-0.39, 0.29) is 29.5 Å². The Kier molecular flexibility index (Phi) is 6.00. The van der Waals surface area contributed by atoms with Gasteiger partial charge in [0.2, 0.25) is 0 Å². The fraction of sp³-hybridized carbons (Fsp3) is 0.960. The van der Waals surface area contributed by atoms with Crippen LogP contribution in [0.1, 0.15) is 78.1 Å². The smallest absolute Gasteiger partial charge is 0.153 e. The third kappa shape index (κ3) is 3.61. The molecular weight excluding hydrogens is 390 g/mol. The lowest BCUT2D eigenvalue weighted by Gasteiger charge is -2.62. The first-order valence-corrected chi connectivity index (χ1v) is 13.0. The van der Waals surface area contributed by atoms with Crippen molar-refractivity contribution in [1.82, 2.24) is 16.0 Å². The number of hydrazine groups is 2. The van der Waals surface area contributed by atoms with E-state index in [0.717, 1.165) is 45.1 Å². The van der Waals surface area contributed by atoms with Crippen LogP contribution in [0.5, 0.6) is 0 Å². The summed E-state index contributed by atoms with van der Waals surface area (Å²) in [5.41, 5.74) is 7.00. The van der Waals surface area contributed by atoms with Gasteiger partial charge in [-0.05, 0) is 106 Å². The van der Waals surface area contributed by atoms with Crippen LogP contribution in [0.4, 0.5) is 0 Å². The lowest BCUT2D eigenvalue weighted by Crippen LogP contribution is -2.56. The number of rotatable bonds is 5. The Morgan fingerprint density at radius 2 is 1.94 bits per heavy atom. The fourth-order valence-electron chi connectivity index (χ4n) is 9.24. The number of nitrogens with zero attached hydrogens (tertiary/aromatic N) is 1. The maximum Gasteiger partial charge on any atom is 0.153 e. The summed E-state index contributed by atoms with van der Waals surface area (Å²) in [6.07, 6.45) is 10.7. The summed E-state index contributed by atoms with van der Waals surface area (Å²) in [5.74, 6) is 3.15. The van der Waals surface area contributed by atoms with Gasteiger partial charge in [0, 0.05) is 25.1 Å². The summed E-state index contributed by atoms with van der Waals surface area (Å²) in [6.45, 7) is 6.16. The minimum Gasteiger partial charge on any atom is -0.396 e. The van der Waals surface area contributed by atoms with Crippen LogP contribution < -0.4 is 10.9 Å². The molecule has 0 aromatic carbocycles. The van der Waals surface area contributed by atoms with Gasteiger partial charge in [0.15, 0.2) is 5.78 Å². The number of aliphatic hydroxyl groups excluding tert-OH is 2. The third-order valence-corrected chi connectivity index (χ3v) is 10.6. The number of ketones is 1. The van der Waals surface area contributed by atoms with Crippen LogP contribution in [0, 0.1) is 40.4 Å². The largest absolute Gasteiger partial charge is 0.396 e. The monoisotopic (exact) mass is 433 g/mol. The Morgan fingerprint density at radius 3 is 2.68 bits per heavy atom. The van der Waals surface area contributed by atoms with Crippen molar-refractivity contribution in [3.8, 4) is 0 Å². The van der Waals surface area contributed by atoms with Crippen LogP contribution in [-0.2, 0) is 4.79 Å². The van der Waals surface area contributed by atoms with Gasteiger partial charge in [-0.2, -0.15) is 5.12 Å². The first kappa shape index (κ1) is 22.3. The number of fused-ring (bicyclic) bond motifs is 5. The molecule has 6 heteroatoms. The Hall–Kier alpha value is -0.530. The molecule has 31 heavy (non-hydrogen) atoms. The molecule has 4 aliphatic carbocycles. The van der Waals surface area contributed by atoms with E-state index in [1.165, 1.54) is 25.7 Å². The zero-order chi connectivity index (χ0) is 21.8. The van der Waals surface area contributed by atoms with Gasteiger partial charge in [-0.3, -0.25) is 4.79 Å². The summed E-state index contributed by atoms with van der Waals surface area (Å²) < 4.78 is 0. The summed E-state index contributed by atoms with van der Waals surface area (Å²) in [7, 11) is 0. The van der Waals surface area contributed by atoms with Gasteiger partial charge in [0.1, 0.15) is 0 Å². The number of aliphatic hydroxyl groups is 2. The number of hydrogen-bond donors (Lipinski definition) is 4. The van der Waals surface area contributed by atoms with Crippen molar-refractivity contribution in [3.05, 3.63) is 0 Å². The fourth-order valence-corrected chi connectivity index (χ4v) is 9.24. The van der Waals surface area contributed by atoms with Crippen LogP contribution in [0.2, 0.25) is 0 Å². The van der Waals surface area contributed by atoms with Gasteiger partial charge in [0.25, 0.3) is 0 Å². The van der Waals surface area contributed by atoms with E-state index in [2.05, 4.69) is 24.7 Å². The minimum atomic E-state index is -0.147. The molecule has 6 nitrogen and oxygen atoms in total. The van der Waals surface area contributed by atoms with E-state index >= 15 is 0 Å². The standard InChI is InChI=1S/C25H43N3O3/c1-16-14-26-28(27-16)15-23(31)22-6-5-20-19-4-3-17-13-18(30)7-10-25(17,11-12-29)21(19)8-9-24(20,22)2/h16-22,26-27,29-30H,3-15H2,1-2H3/t16?,17-,18+,19-,20-,21-,22+,24-,25+/m0/s1. The molecule has 1 unspecified atom stereocenters. The molecule has 5 rings (SSSR count). The Balaban J connectivity index is 1.34. The summed E-state index contributed by atoms with van der Waals surface area (Å²) in [6, 6.07) is 0.377. The van der Waals surface area contributed by atoms with Crippen LogP contribution in [0.15, 0.2) is 0 Å². The second kappa shape index (κ2) is 8.35. The molecule has 1 heterocycles. The number of nitrogens with one attached hydrogen (secondary N) is 2. The molecule has 5 aliphatic rings. The quantitative estimate of drug-likeness (QED) is 0.533. The molecule has 0 aromatic rings. The van der Waals surface area contributed by atoms with Gasteiger partial charge in [-0.1, -0.05) is 6.92 Å². The molecule has 0 amide bonds. The van der Waals surface area contributed by atoms with E-state index < -0.39 is 0 Å². The third-order valence-electron chi connectivity index (χ3n) is 10.6. The maximum absolute atomic E-state index is 13.4. The minimum absolute atomic E-state index is 0.130. The van der Waals surface area contributed by atoms with Crippen LogP contribution in [0.3, 0.4) is 0 Å². The second-order valence-corrected chi connectivity index (χ2v) is 11.9. The molecule has 1 saturated heterocycles. The Labute approximate surface area is 187 Å². The lowest BCUT2D eigenvalue weighted by molar-refractivity contribution is -0.149. The molecule has 1 aliphatic heterocycles. The Morgan fingerprint density at radius 1 is 1.10 bits per heavy atom. The average molecular weight is 434 g/mol. The van der Waals surface area contributed by atoms with Gasteiger partial charge in [-0.15, -0.1) is 0 Å². The summed E-state index contributed by atoms with van der Waals surface area (Å²) in [5, 5.41) is 22.2. The molecule has 0 bridgehead atoms. The van der Waals surface area contributed by atoms with Crippen LogP contribution >= 0.6 is 0 Å². The molecule has 0 aromatic heterocycles. The molecule has 4 N–H and O–H groups in total. The highest BCUT2D eigenvalue weighted by Crippen LogP contribution is 2.68. The zero-order valence-corrected chi connectivity index (χ0v) is 19.5. The van der Waals surface area contributed by atoms with Crippen molar-refractivity contribution < 1.29 is 15.0 Å². The molecule has 5 fully saturated rings. The number of Topliss-reactive ketones (excluding diaryl/α,β-unsaturated/α-hetero) is 1. The highest BCUT2D eigenvalue weighted by atomic mass is 16.3. The lowest BCUT2D eigenvalue weighted by atomic mass is 9.43. The van der Waals surface area contributed by atoms with E-state index in [1.54, 1.807) is 0 Å². The van der Waals surface area contributed by atoms with Gasteiger partial charge in [-0.25, -0.2) is 10.9 Å². The van der Waals surface area contributed by atoms with Gasteiger partial charge < -0.3 is 10.2 Å². The molecular formula is C25H43N3O3. The second-order valence-electron chi connectivity index (χ2n) is 11.9. The molecule has 9 atom stereocenters. The Bertz CT molecular complexity index is 689. The molecule has 0 radical (unpaired) electrons. The highest BCUT2D eigenvalue weighted by molar-refractivity contribution is 5.84. The molecule has 176 valence electrons. The maximum atomic E-state index is 13.4. The van der Waals surface area contributed by atoms with E-state index in [1.807, 2.05) is 5.12 Å². The normalized spacial score (nSPS) is 50.0. The van der Waals surface area contributed by atoms with Crippen molar-refractivity contribution in [1.29, 1.82) is 0 Å². The first-order valence-electron chi connectivity index (χ1n) is 13.0. The van der Waals surface area contributed by atoms with E-state index in [4.69, 9.17) is 0 Å². The summed E-state index contributed by atoms with van der Waals surface area (Å²) >= 11 is 0. The van der Waals surface area contributed by atoms with E-state index in [0.29, 0.717) is 42.0 Å². The van der Waals surface area contributed by atoms with Crippen LogP contribution in [-0.4, -0.2) is 53.0 Å². The van der Waals surface area contributed by atoms with Crippen molar-refractivity contribution >= 4 is 5.78 Å². The molecule has 0 spiro atoms. The topological polar surface area (TPSA) is 84.8 Å². The predicted molar refractivity (Wildman–Crippen MR) is 120 cm³/mol. The van der Waals surface area contributed by atoms with Crippen molar-refractivity contribution in [3.63, 3.8) is 0 Å². The van der Waals surface area contributed by atoms with Crippen molar-refractivity contribution in [2.75, 3.05) is 19.7 Å². The molecule has 4 saturated carbocycles. The van der Waals surface area contributed by atoms with Crippen LogP contribution in [0.25, 0.3) is 0 Å². The highest BCUT2D eigenvalue weighted by Gasteiger charge is 2.62. The first-order chi connectivity index (χ1) is 14.9. The average Bonchev–Trinajstić information content (AvgIpc) is 3.30. The number of carbonyl (C=O) groups excluding carboxylic acids is 1. The van der Waals surface area contributed by atoms with Crippen molar-refractivity contribution in [2.45, 2.75) is 90.2 Å². The van der Waals surface area contributed by atoms with E-state index in [9.17, 15) is 15.0 Å². The zero-order valence-electron chi connectivity index (χ0n) is 19.5. The van der Waals surface area contributed by atoms with Gasteiger partial charge in [0.05, 0.1) is 12.6 Å². The SMILES string of the molecule is CC1CNN(CC(=O)[C@H]2CC[C@H]3[C@@H]4CC[C@H]5C[C@H](O)CC[C@]5(CCO)[C@H]4CC[C@]23C)N1. The number of carbonyl (C=O) groups is 1. The summed E-state index contributed by atoms with van der Waals surface area (Å²) in [4.78, 5) is 13.4. The van der Waals surface area contributed by atoms with Crippen molar-refractivity contribution in [2.24, 2.45) is 40.4 Å². The number of hydrogen-bond acceptors (Lipinski definition) is 6. The predicted octanol–water partition coefficient (Wildman–Crippen LogP) is 2.65. The van der Waals surface area contributed by atoms with Gasteiger partial charge >= 0.3 is 0 Å².